The molecule has 1 N–H and O–H groups in total. The summed E-state index contributed by atoms with van der Waals surface area (Å²) < 4.78 is 10.5. The maximum absolute atomic E-state index is 12.0. The van der Waals surface area contributed by atoms with Gasteiger partial charge < -0.3 is 14.8 Å². The summed E-state index contributed by atoms with van der Waals surface area (Å²) in [5.74, 6) is 1.94. The lowest BCUT2D eigenvalue weighted by atomic mass is 9.87. The van der Waals surface area contributed by atoms with E-state index in [1.165, 1.54) is 19.1 Å². The van der Waals surface area contributed by atoms with Gasteiger partial charge in [-0.2, -0.15) is 0 Å². The van der Waals surface area contributed by atoms with Crippen molar-refractivity contribution >= 4 is 12.0 Å². The Kier molecular flexibility index (Phi) is 6.27. The Morgan fingerprint density at radius 2 is 2.00 bits per heavy atom. The summed E-state index contributed by atoms with van der Waals surface area (Å²) >= 11 is 0. The highest BCUT2D eigenvalue weighted by Gasteiger charge is 2.18. The molecule has 1 aromatic carbocycles. The van der Waals surface area contributed by atoms with Crippen LogP contribution in [0.4, 0.5) is 0 Å². The van der Waals surface area contributed by atoms with Crippen LogP contribution in [0.1, 0.15) is 38.2 Å². The van der Waals surface area contributed by atoms with Gasteiger partial charge >= 0.3 is 0 Å². The van der Waals surface area contributed by atoms with E-state index in [4.69, 9.17) is 9.47 Å². The van der Waals surface area contributed by atoms with Crippen LogP contribution in [-0.2, 0) is 4.79 Å². The first kappa shape index (κ1) is 17.1. The van der Waals surface area contributed by atoms with E-state index in [1.54, 1.807) is 25.3 Å². The molecule has 1 saturated carbocycles. The van der Waals surface area contributed by atoms with Crippen molar-refractivity contribution in [2.24, 2.45) is 5.92 Å². The van der Waals surface area contributed by atoms with Crippen molar-refractivity contribution < 1.29 is 14.3 Å². The fourth-order valence-corrected chi connectivity index (χ4v) is 2.80. The number of hydrogen-bond acceptors (Lipinski definition) is 3. The second-order valence-corrected chi connectivity index (χ2v) is 5.99. The summed E-state index contributed by atoms with van der Waals surface area (Å²) in [6.45, 7) is 5.80. The van der Waals surface area contributed by atoms with Gasteiger partial charge in [0.15, 0.2) is 11.5 Å². The highest BCUT2D eigenvalue weighted by molar-refractivity contribution is 5.92. The molecule has 1 fully saturated rings. The van der Waals surface area contributed by atoms with E-state index in [0.29, 0.717) is 17.5 Å². The standard InChI is InChI=1S/C19H25NO3/c1-4-23-17-11-7-15(13-18(17)22-3)8-12-19(21)20-16-9-5-14(2)6-10-16/h4,7-8,11-14,16H,1,5-6,9-10H2,2-3H3,(H,20,21). The lowest BCUT2D eigenvalue weighted by Gasteiger charge is -2.26. The molecule has 1 amide bonds. The molecule has 0 saturated heterocycles. The first-order valence-electron chi connectivity index (χ1n) is 8.06. The van der Waals surface area contributed by atoms with E-state index in [0.717, 1.165) is 24.3 Å². The first-order valence-corrected chi connectivity index (χ1v) is 8.06. The minimum atomic E-state index is -0.0464. The van der Waals surface area contributed by atoms with Gasteiger partial charge in [-0.3, -0.25) is 4.79 Å². The highest BCUT2D eigenvalue weighted by atomic mass is 16.5. The molecule has 124 valence electrons. The van der Waals surface area contributed by atoms with Gasteiger partial charge in [0.25, 0.3) is 0 Å². The van der Waals surface area contributed by atoms with Gasteiger partial charge in [-0.15, -0.1) is 0 Å². The zero-order chi connectivity index (χ0) is 16.7. The Labute approximate surface area is 138 Å². The van der Waals surface area contributed by atoms with Crippen LogP contribution in [0.5, 0.6) is 11.5 Å². The predicted molar refractivity (Wildman–Crippen MR) is 92.4 cm³/mol. The van der Waals surface area contributed by atoms with Gasteiger partial charge in [0, 0.05) is 12.1 Å². The van der Waals surface area contributed by atoms with Crippen molar-refractivity contribution in [1.29, 1.82) is 0 Å². The zero-order valence-electron chi connectivity index (χ0n) is 13.9. The number of carbonyl (C=O) groups is 1. The lowest BCUT2D eigenvalue weighted by molar-refractivity contribution is -0.117. The molecule has 4 heteroatoms. The molecule has 0 atom stereocenters. The fourth-order valence-electron chi connectivity index (χ4n) is 2.80. The quantitative estimate of drug-likeness (QED) is 0.639. The SMILES string of the molecule is C=COc1ccc(C=CC(=O)NC2CCC(C)CC2)cc1OC. The lowest BCUT2D eigenvalue weighted by Crippen LogP contribution is -2.36. The normalized spacial score (nSPS) is 21.0. The number of ether oxygens (including phenoxy) is 2. The third-order valence-electron chi connectivity index (χ3n) is 4.19. The Bertz CT molecular complexity index is 572. The predicted octanol–water partition coefficient (Wildman–Crippen LogP) is 3.93. The van der Waals surface area contributed by atoms with Crippen molar-refractivity contribution in [3.63, 3.8) is 0 Å². The number of benzene rings is 1. The van der Waals surface area contributed by atoms with Crippen LogP contribution >= 0.6 is 0 Å². The number of hydrogen-bond donors (Lipinski definition) is 1. The molecular weight excluding hydrogens is 290 g/mol. The molecule has 0 aliphatic heterocycles. The van der Waals surface area contributed by atoms with Crippen LogP contribution < -0.4 is 14.8 Å². The third-order valence-corrected chi connectivity index (χ3v) is 4.19. The van der Waals surface area contributed by atoms with Gasteiger partial charge in [-0.1, -0.05) is 19.6 Å². The second kappa shape index (κ2) is 8.42. The molecule has 1 aliphatic rings. The Balaban J connectivity index is 1.93. The maximum Gasteiger partial charge on any atom is 0.244 e. The van der Waals surface area contributed by atoms with E-state index >= 15 is 0 Å². The summed E-state index contributed by atoms with van der Waals surface area (Å²) in [6, 6.07) is 5.79. The van der Waals surface area contributed by atoms with Crippen molar-refractivity contribution in [2.75, 3.05) is 7.11 Å². The van der Waals surface area contributed by atoms with Crippen LogP contribution in [0.2, 0.25) is 0 Å². The summed E-state index contributed by atoms with van der Waals surface area (Å²) in [7, 11) is 1.58. The molecule has 0 aromatic heterocycles. The zero-order valence-corrected chi connectivity index (χ0v) is 13.9. The van der Waals surface area contributed by atoms with Gasteiger partial charge in [0.2, 0.25) is 5.91 Å². The average molecular weight is 315 g/mol. The van der Waals surface area contributed by atoms with Gasteiger partial charge in [-0.05, 0) is 55.4 Å². The van der Waals surface area contributed by atoms with E-state index in [2.05, 4.69) is 18.8 Å². The van der Waals surface area contributed by atoms with Crippen LogP contribution in [0.15, 0.2) is 37.1 Å². The molecule has 0 heterocycles. The van der Waals surface area contributed by atoms with Crippen molar-refractivity contribution in [3.05, 3.63) is 42.7 Å². The average Bonchev–Trinajstić information content (AvgIpc) is 2.56. The molecule has 1 aromatic rings. The van der Waals surface area contributed by atoms with Gasteiger partial charge in [-0.25, -0.2) is 0 Å². The number of amides is 1. The van der Waals surface area contributed by atoms with Crippen LogP contribution in [0.25, 0.3) is 6.08 Å². The largest absolute Gasteiger partial charge is 0.493 e. The smallest absolute Gasteiger partial charge is 0.244 e. The maximum atomic E-state index is 12.0. The van der Waals surface area contributed by atoms with Crippen molar-refractivity contribution in [1.82, 2.24) is 5.32 Å². The Morgan fingerprint density at radius 1 is 1.26 bits per heavy atom. The number of methoxy groups -OCH3 is 1. The van der Waals surface area contributed by atoms with E-state index in [9.17, 15) is 4.79 Å². The van der Waals surface area contributed by atoms with Crippen LogP contribution in [0.3, 0.4) is 0 Å². The first-order chi connectivity index (χ1) is 11.1. The summed E-state index contributed by atoms with van der Waals surface area (Å²) in [4.78, 5) is 12.0. The molecule has 2 rings (SSSR count). The summed E-state index contributed by atoms with van der Waals surface area (Å²) in [5, 5.41) is 3.07. The van der Waals surface area contributed by atoms with E-state index in [-0.39, 0.29) is 5.91 Å². The van der Waals surface area contributed by atoms with Crippen molar-refractivity contribution in [3.8, 4) is 11.5 Å². The monoisotopic (exact) mass is 315 g/mol. The molecule has 0 spiro atoms. The van der Waals surface area contributed by atoms with E-state index in [1.807, 2.05) is 12.1 Å². The number of carbonyl (C=O) groups excluding carboxylic acids is 1. The molecule has 0 radical (unpaired) electrons. The molecule has 0 bridgehead atoms. The van der Waals surface area contributed by atoms with Crippen LogP contribution in [0, 0.1) is 5.92 Å². The number of rotatable bonds is 6. The molecule has 23 heavy (non-hydrogen) atoms. The molecule has 4 nitrogen and oxygen atoms in total. The Morgan fingerprint density at radius 3 is 2.65 bits per heavy atom. The highest BCUT2D eigenvalue weighted by Crippen LogP contribution is 2.28. The second-order valence-electron chi connectivity index (χ2n) is 5.99. The van der Waals surface area contributed by atoms with Gasteiger partial charge in [0.05, 0.1) is 13.4 Å². The minimum Gasteiger partial charge on any atom is -0.493 e. The molecule has 1 aliphatic carbocycles. The molecular formula is C19H25NO3. The Hall–Kier alpha value is -2.23. The summed E-state index contributed by atoms with van der Waals surface area (Å²) in [6.07, 6.45) is 9.23. The van der Waals surface area contributed by atoms with E-state index < -0.39 is 0 Å². The number of nitrogens with one attached hydrogen (secondary N) is 1. The van der Waals surface area contributed by atoms with Crippen LogP contribution in [-0.4, -0.2) is 19.1 Å². The van der Waals surface area contributed by atoms with Crippen molar-refractivity contribution in [2.45, 2.75) is 38.6 Å². The molecule has 0 unspecified atom stereocenters. The van der Waals surface area contributed by atoms with Gasteiger partial charge in [0.1, 0.15) is 0 Å². The topological polar surface area (TPSA) is 47.6 Å². The third kappa shape index (κ3) is 5.16. The fraction of sp³-hybridized carbons (Fsp3) is 0.421. The summed E-state index contributed by atoms with van der Waals surface area (Å²) in [5.41, 5.74) is 0.880. The minimum absolute atomic E-state index is 0.0464.